The molecular weight excluding hydrogens is 380 g/mol. The van der Waals surface area contributed by atoms with Crippen LogP contribution in [0.4, 0.5) is 0 Å². The predicted molar refractivity (Wildman–Crippen MR) is 94.5 cm³/mol. The quantitative estimate of drug-likeness (QED) is 0.285. The minimum absolute atomic E-state index is 0.158. The lowest BCUT2D eigenvalue weighted by molar-refractivity contribution is -0.0951. The summed E-state index contributed by atoms with van der Waals surface area (Å²) in [5, 5.41) is 30.0. The van der Waals surface area contributed by atoms with Crippen LogP contribution in [0, 0.1) is 0 Å². The summed E-state index contributed by atoms with van der Waals surface area (Å²) in [4.78, 5) is 43.2. The number of hydrogen-bond acceptors (Lipinski definition) is 9. The smallest absolute Gasteiger partial charge is 0.265 e. The number of carbonyl (C=O) groups excluding carboxylic acids is 1. The lowest BCUT2D eigenvalue weighted by Gasteiger charge is -2.29. The van der Waals surface area contributed by atoms with Gasteiger partial charge in [0.25, 0.3) is 11.5 Å². The first kappa shape index (κ1) is 19.5. The molecule has 0 spiro atoms. The second kappa shape index (κ2) is 6.73. The number of H-pyrrole nitrogens is 1. The highest BCUT2D eigenvalue weighted by atomic mass is 32.2. The molecule has 1 aliphatic rings. The molecule has 0 aromatic carbocycles. The standard InChI is InChI=1S/C15H18N4O7S/c1-15(25)9(22)6(4-20)26-13(15)19-3-5(10(16)23)8(21)7-11(19)17-14(27-2)18-12(7)24/h3,6,9,13,20,22,25H,4H2,1-2H3,(H2,16,23)(H,17,18,24)/t6-,9-,13-,15-/m1/s1. The van der Waals surface area contributed by atoms with Crippen LogP contribution in [0.1, 0.15) is 23.5 Å². The predicted octanol–water partition coefficient (Wildman–Crippen LogP) is -2.09. The summed E-state index contributed by atoms with van der Waals surface area (Å²) in [6.45, 7) is 0.674. The number of nitrogens with zero attached hydrogens (tertiary/aromatic N) is 2. The fourth-order valence-electron chi connectivity index (χ4n) is 3.07. The van der Waals surface area contributed by atoms with Crippen molar-refractivity contribution in [1.29, 1.82) is 0 Å². The molecule has 3 rings (SSSR count). The Hall–Kier alpha value is -2.25. The first-order valence-electron chi connectivity index (χ1n) is 7.83. The summed E-state index contributed by atoms with van der Waals surface area (Å²) in [6, 6.07) is 0. The number of aromatic nitrogens is 3. The maximum absolute atomic E-state index is 12.5. The maximum Gasteiger partial charge on any atom is 0.265 e. The van der Waals surface area contributed by atoms with Crippen LogP contribution in [-0.2, 0) is 4.74 Å². The Morgan fingerprint density at radius 1 is 1.52 bits per heavy atom. The summed E-state index contributed by atoms with van der Waals surface area (Å²) in [6.07, 6.45) is -1.28. The van der Waals surface area contributed by atoms with Crippen molar-refractivity contribution < 1.29 is 24.9 Å². The van der Waals surface area contributed by atoms with Crippen molar-refractivity contribution in [1.82, 2.24) is 14.5 Å². The molecule has 3 heterocycles. The Morgan fingerprint density at radius 2 is 2.19 bits per heavy atom. The Morgan fingerprint density at radius 3 is 2.70 bits per heavy atom. The number of primary amides is 1. The molecule has 6 N–H and O–H groups in total. The van der Waals surface area contributed by atoms with E-state index in [0.717, 1.165) is 22.5 Å². The van der Waals surface area contributed by atoms with Crippen LogP contribution < -0.4 is 16.7 Å². The highest BCUT2D eigenvalue weighted by Crippen LogP contribution is 2.39. The van der Waals surface area contributed by atoms with Gasteiger partial charge in [-0.1, -0.05) is 11.8 Å². The zero-order valence-electron chi connectivity index (χ0n) is 14.4. The van der Waals surface area contributed by atoms with Crippen molar-refractivity contribution in [3.05, 3.63) is 32.3 Å². The van der Waals surface area contributed by atoms with Crippen molar-refractivity contribution in [2.24, 2.45) is 5.73 Å². The number of nitrogens with one attached hydrogen (secondary N) is 1. The minimum atomic E-state index is -1.92. The van der Waals surface area contributed by atoms with Crippen LogP contribution in [0.3, 0.4) is 0 Å². The number of rotatable bonds is 4. The van der Waals surface area contributed by atoms with E-state index in [1.165, 1.54) is 6.92 Å². The number of amides is 1. The first-order chi connectivity index (χ1) is 12.6. The Kier molecular flexibility index (Phi) is 4.86. The van der Waals surface area contributed by atoms with Crippen LogP contribution in [0.25, 0.3) is 11.0 Å². The number of hydrogen-bond donors (Lipinski definition) is 5. The van der Waals surface area contributed by atoms with Gasteiger partial charge in [0.2, 0.25) is 5.43 Å². The number of fused-ring (bicyclic) bond motifs is 1. The molecule has 0 aliphatic carbocycles. The molecule has 27 heavy (non-hydrogen) atoms. The van der Waals surface area contributed by atoms with E-state index in [2.05, 4.69) is 9.97 Å². The van der Waals surface area contributed by atoms with E-state index in [1.54, 1.807) is 6.26 Å². The molecule has 1 saturated heterocycles. The number of aliphatic hydroxyl groups excluding tert-OH is 2. The molecule has 0 bridgehead atoms. The largest absolute Gasteiger partial charge is 0.394 e. The molecule has 4 atom stereocenters. The normalized spacial score (nSPS) is 28.0. The van der Waals surface area contributed by atoms with Crippen molar-refractivity contribution >= 4 is 28.7 Å². The molecule has 0 unspecified atom stereocenters. The molecule has 0 saturated carbocycles. The van der Waals surface area contributed by atoms with Gasteiger partial charge in [0, 0.05) is 6.20 Å². The van der Waals surface area contributed by atoms with E-state index in [9.17, 15) is 29.7 Å². The van der Waals surface area contributed by atoms with Crippen molar-refractivity contribution in [3.8, 4) is 0 Å². The zero-order valence-corrected chi connectivity index (χ0v) is 15.2. The number of aromatic amines is 1. The Bertz CT molecular complexity index is 1030. The summed E-state index contributed by atoms with van der Waals surface area (Å²) >= 11 is 1.10. The van der Waals surface area contributed by atoms with Gasteiger partial charge in [-0.15, -0.1) is 0 Å². The molecule has 1 aliphatic heterocycles. The van der Waals surface area contributed by atoms with E-state index in [0.29, 0.717) is 0 Å². The van der Waals surface area contributed by atoms with Crippen molar-refractivity contribution in [2.75, 3.05) is 12.9 Å². The minimum Gasteiger partial charge on any atom is -0.394 e. The highest BCUT2D eigenvalue weighted by molar-refractivity contribution is 7.98. The molecule has 0 radical (unpaired) electrons. The Balaban J connectivity index is 2.40. The fourth-order valence-corrected chi connectivity index (χ4v) is 3.44. The van der Waals surface area contributed by atoms with Crippen molar-refractivity contribution in [3.63, 3.8) is 0 Å². The first-order valence-corrected chi connectivity index (χ1v) is 9.05. The molecule has 11 nitrogen and oxygen atoms in total. The van der Waals surface area contributed by atoms with Gasteiger partial charge in [0.1, 0.15) is 28.8 Å². The molecule has 2 aromatic heterocycles. The second-order valence-electron chi connectivity index (χ2n) is 6.30. The number of carbonyl (C=O) groups is 1. The molecule has 1 fully saturated rings. The fraction of sp³-hybridized carbons (Fsp3) is 0.467. The van der Waals surface area contributed by atoms with Crippen LogP contribution in [0.2, 0.25) is 0 Å². The second-order valence-corrected chi connectivity index (χ2v) is 7.09. The van der Waals surface area contributed by atoms with Gasteiger partial charge in [-0.3, -0.25) is 14.4 Å². The molecule has 146 valence electrons. The van der Waals surface area contributed by atoms with E-state index in [4.69, 9.17) is 10.5 Å². The third-order valence-corrected chi connectivity index (χ3v) is 5.09. The van der Waals surface area contributed by atoms with E-state index < -0.39 is 58.5 Å². The van der Waals surface area contributed by atoms with Gasteiger partial charge >= 0.3 is 0 Å². The maximum atomic E-state index is 12.5. The summed E-state index contributed by atoms with van der Waals surface area (Å²) in [5.41, 5.74) is 0.960. The van der Waals surface area contributed by atoms with E-state index in [-0.39, 0.29) is 10.8 Å². The third-order valence-electron chi connectivity index (χ3n) is 4.51. The van der Waals surface area contributed by atoms with Gasteiger partial charge in [0.05, 0.1) is 6.61 Å². The number of aliphatic hydroxyl groups is 3. The summed E-state index contributed by atoms with van der Waals surface area (Å²) in [5.74, 6) is -1.08. The average Bonchev–Trinajstić information content (AvgIpc) is 2.84. The SMILES string of the molecule is CSc1nc2c(c(=O)[nH]1)c(=O)c(C(N)=O)cn2[C@@H]1O[C@H](CO)[C@@H](O)[C@@]1(C)O. The molecule has 2 aromatic rings. The van der Waals surface area contributed by atoms with Crippen molar-refractivity contribution in [2.45, 2.75) is 36.1 Å². The average molecular weight is 398 g/mol. The summed E-state index contributed by atoms with van der Waals surface area (Å²) < 4.78 is 6.62. The van der Waals surface area contributed by atoms with Gasteiger partial charge in [-0.05, 0) is 13.2 Å². The zero-order chi connectivity index (χ0) is 20.1. The monoisotopic (exact) mass is 398 g/mol. The lowest BCUT2D eigenvalue weighted by atomic mass is 9.96. The van der Waals surface area contributed by atoms with E-state index in [1.807, 2.05) is 0 Å². The third kappa shape index (κ3) is 2.95. The molecule has 1 amide bonds. The number of thioether (sulfide) groups is 1. The van der Waals surface area contributed by atoms with Crippen LogP contribution in [0.15, 0.2) is 20.9 Å². The lowest BCUT2D eigenvalue weighted by Crippen LogP contribution is -2.44. The van der Waals surface area contributed by atoms with Gasteiger partial charge in [-0.25, -0.2) is 4.98 Å². The Labute approximate surface area is 155 Å². The highest BCUT2D eigenvalue weighted by Gasteiger charge is 2.53. The molecule has 12 heteroatoms. The van der Waals surface area contributed by atoms with Gasteiger partial charge in [-0.2, -0.15) is 0 Å². The van der Waals surface area contributed by atoms with E-state index >= 15 is 0 Å². The van der Waals surface area contributed by atoms with Crippen LogP contribution >= 0.6 is 11.8 Å². The summed E-state index contributed by atoms with van der Waals surface area (Å²) in [7, 11) is 0. The molecular formula is C15H18N4O7S. The number of nitrogens with two attached hydrogens (primary N) is 1. The van der Waals surface area contributed by atoms with Crippen LogP contribution in [-0.4, -0.2) is 66.4 Å². The van der Waals surface area contributed by atoms with Crippen LogP contribution in [0.5, 0.6) is 0 Å². The topological polar surface area (TPSA) is 181 Å². The van der Waals surface area contributed by atoms with Gasteiger partial charge < -0.3 is 35.3 Å². The van der Waals surface area contributed by atoms with Gasteiger partial charge in [0.15, 0.2) is 17.0 Å². The number of pyridine rings is 1. The number of ether oxygens (including phenoxy) is 1.